The van der Waals surface area contributed by atoms with E-state index >= 15 is 0 Å². The van der Waals surface area contributed by atoms with Crippen molar-refractivity contribution in [2.75, 3.05) is 6.61 Å². The van der Waals surface area contributed by atoms with E-state index in [4.69, 9.17) is 5.11 Å². The van der Waals surface area contributed by atoms with Crippen molar-refractivity contribution in [3.63, 3.8) is 0 Å². The van der Waals surface area contributed by atoms with Crippen LogP contribution in [0.15, 0.2) is 35.9 Å². The maximum absolute atomic E-state index is 13.1. The van der Waals surface area contributed by atoms with Crippen LogP contribution in [0.5, 0.6) is 0 Å². The van der Waals surface area contributed by atoms with E-state index < -0.39 is 0 Å². The zero-order valence-electron chi connectivity index (χ0n) is 7.63. The standard InChI is InChI=1S/C11H13FO/c1-9(8-13)6-7-10-4-2-3-5-11(10)12/h2-6,13H,7-8H2,1H3. The lowest BCUT2D eigenvalue weighted by Crippen LogP contribution is -1.90. The lowest BCUT2D eigenvalue weighted by molar-refractivity contribution is 0.331. The van der Waals surface area contributed by atoms with Crippen molar-refractivity contribution >= 4 is 0 Å². The van der Waals surface area contributed by atoms with Crippen molar-refractivity contribution < 1.29 is 9.50 Å². The molecule has 1 rings (SSSR count). The molecule has 0 aliphatic heterocycles. The lowest BCUT2D eigenvalue weighted by Gasteiger charge is -1.99. The predicted octanol–water partition coefficient (Wildman–Crippen LogP) is 2.31. The number of rotatable bonds is 3. The Morgan fingerprint density at radius 2 is 2.15 bits per heavy atom. The average molecular weight is 180 g/mol. The van der Waals surface area contributed by atoms with Crippen molar-refractivity contribution in [2.45, 2.75) is 13.3 Å². The quantitative estimate of drug-likeness (QED) is 0.708. The summed E-state index contributed by atoms with van der Waals surface area (Å²) >= 11 is 0. The molecule has 0 aromatic heterocycles. The highest BCUT2D eigenvalue weighted by Crippen LogP contribution is 2.08. The van der Waals surface area contributed by atoms with Crippen LogP contribution in [0, 0.1) is 5.82 Å². The Kier molecular flexibility index (Phi) is 3.65. The summed E-state index contributed by atoms with van der Waals surface area (Å²) in [4.78, 5) is 0. The van der Waals surface area contributed by atoms with Gasteiger partial charge in [-0.1, -0.05) is 29.8 Å². The van der Waals surface area contributed by atoms with Crippen LogP contribution in [0.4, 0.5) is 4.39 Å². The Balaban J connectivity index is 2.70. The summed E-state index contributed by atoms with van der Waals surface area (Å²) in [6, 6.07) is 6.66. The molecule has 0 bridgehead atoms. The fraction of sp³-hybridized carbons (Fsp3) is 0.273. The van der Waals surface area contributed by atoms with Gasteiger partial charge in [0.1, 0.15) is 5.82 Å². The van der Waals surface area contributed by atoms with Crippen molar-refractivity contribution in [1.82, 2.24) is 0 Å². The molecule has 13 heavy (non-hydrogen) atoms. The number of hydrogen-bond acceptors (Lipinski definition) is 1. The molecule has 0 fully saturated rings. The molecule has 0 amide bonds. The first-order chi connectivity index (χ1) is 6.24. The molecule has 1 aromatic rings. The summed E-state index contributed by atoms with van der Waals surface area (Å²) in [6.45, 7) is 1.86. The van der Waals surface area contributed by atoms with E-state index in [1.165, 1.54) is 6.07 Å². The molecule has 0 spiro atoms. The molecule has 2 heteroatoms. The first kappa shape index (κ1) is 9.93. The molecule has 0 aliphatic carbocycles. The third kappa shape index (κ3) is 2.99. The number of allylic oxidation sites excluding steroid dienone is 1. The number of aliphatic hydroxyl groups is 1. The fourth-order valence-corrected chi connectivity index (χ4v) is 1.01. The highest BCUT2D eigenvalue weighted by Gasteiger charge is 1.97. The predicted molar refractivity (Wildman–Crippen MR) is 50.9 cm³/mol. The van der Waals surface area contributed by atoms with E-state index in [1.807, 2.05) is 13.0 Å². The number of halogens is 1. The molecule has 0 heterocycles. The van der Waals surface area contributed by atoms with Crippen LogP contribution in [0.1, 0.15) is 12.5 Å². The van der Waals surface area contributed by atoms with Crippen LogP contribution in [-0.2, 0) is 6.42 Å². The van der Waals surface area contributed by atoms with E-state index in [2.05, 4.69) is 0 Å². The van der Waals surface area contributed by atoms with Crippen molar-refractivity contribution in [2.24, 2.45) is 0 Å². The molecule has 0 saturated carbocycles. The topological polar surface area (TPSA) is 20.2 Å². The summed E-state index contributed by atoms with van der Waals surface area (Å²) in [5, 5.41) is 8.72. The molecule has 0 saturated heterocycles. The molecular weight excluding hydrogens is 167 g/mol. The van der Waals surface area contributed by atoms with Crippen LogP contribution >= 0.6 is 0 Å². The summed E-state index contributed by atoms with van der Waals surface area (Å²) in [5.41, 5.74) is 1.53. The van der Waals surface area contributed by atoms with Gasteiger partial charge in [-0.3, -0.25) is 0 Å². The lowest BCUT2D eigenvalue weighted by atomic mass is 10.1. The van der Waals surface area contributed by atoms with E-state index in [0.717, 1.165) is 5.57 Å². The van der Waals surface area contributed by atoms with Crippen LogP contribution < -0.4 is 0 Å². The molecule has 0 unspecified atom stereocenters. The third-order valence-corrected chi connectivity index (χ3v) is 1.88. The summed E-state index contributed by atoms with van der Waals surface area (Å²) in [7, 11) is 0. The zero-order chi connectivity index (χ0) is 9.68. The first-order valence-electron chi connectivity index (χ1n) is 4.24. The zero-order valence-corrected chi connectivity index (χ0v) is 7.63. The summed E-state index contributed by atoms with van der Waals surface area (Å²) in [5.74, 6) is -0.190. The Labute approximate surface area is 77.5 Å². The van der Waals surface area contributed by atoms with Gasteiger partial charge in [-0.05, 0) is 25.0 Å². The normalized spacial score (nSPS) is 11.8. The molecule has 1 aromatic carbocycles. The fourth-order valence-electron chi connectivity index (χ4n) is 1.01. The van der Waals surface area contributed by atoms with Gasteiger partial charge in [0.2, 0.25) is 0 Å². The second-order valence-corrected chi connectivity index (χ2v) is 3.00. The van der Waals surface area contributed by atoms with E-state index in [1.54, 1.807) is 18.2 Å². The van der Waals surface area contributed by atoms with Gasteiger partial charge in [0.15, 0.2) is 0 Å². The molecular formula is C11H13FO. The summed E-state index contributed by atoms with van der Waals surface area (Å²) < 4.78 is 13.1. The Hall–Kier alpha value is -1.15. The second-order valence-electron chi connectivity index (χ2n) is 3.00. The minimum absolute atomic E-state index is 0.0362. The molecule has 1 nitrogen and oxygen atoms in total. The molecule has 0 atom stereocenters. The minimum atomic E-state index is -0.190. The smallest absolute Gasteiger partial charge is 0.126 e. The molecule has 0 radical (unpaired) electrons. The first-order valence-corrected chi connectivity index (χ1v) is 4.24. The van der Waals surface area contributed by atoms with Gasteiger partial charge < -0.3 is 5.11 Å². The summed E-state index contributed by atoms with van der Waals surface area (Å²) in [6.07, 6.45) is 2.37. The highest BCUT2D eigenvalue weighted by molar-refractivity contribution is 5.20. The van der Waals surface area contributed by atoms with Crippen molar-refractivity contribution in [3.05, 3.63) is 47.3 Å². The van der Waals surface area contributed by atoms with Crippen LogP contribution in [0.3, 0.4) is 0 Å². The molecule has 70 valence electrons. The van der Waals surface area contributed by atoms with E-state index in [9.17, 15) is 4.39 Å². The van der Waals surface area contributed by atoms with E-state index in [0.29, 0.717) is 12.0 Å². The van der Waals surface area contributed by atoms with Crippen LogP contribution in [0.25, 0.3) is 0 Å². The number of benzene rings is 1. The highest BCUT2D eigenvalue weighted by atomic mass is 19.1. The van der Waals surface area contributed by atoms with Gasteiger partial charge in [0, 0.05) is 0 Å². The maximum atomic E-state index is 13.1. The number of aliphatic hydroxyl groups excluding tert-OH is 1. The van der Waals surface area contributed by atoms with Gasteiger partial charge in [-0.2, -0.15) is 0 Å². The van der Waals surface area contributed by atoms with Gasteiger partial charge in [0.05, 0.1) is 6.61 Å². The Bertz CT molecular complexity index is 305. The number of hydrogen-bond donors (Lipinski definition) is 1. The van der Waals surface area contributed by atoms with Gasteiger partial charge in [0.25, 0.3) is 0 Å². The van der Waals surface area contributed by atoms with Gasteiger partial charge >= 0.3 is 0 Å². The van der Waals surface area contributed by atoms with Crippen LogP contribution in [0.2, 0.25) is 0 Å². The largest absolute Gasteiger partial charge is 0.392 e. The average Bonchev–Trinajstić information content (AvgIpc) is 2.16. The molecule has 1 N–H and O–H groups in total. The monoisotopic (exact) mass is 180 g/mol. The van der Waals surface area contributed by atoms with Gasteiger partial charge in [-0.25, -0.2) is 4.39 Å². The third-order valence-electron chi connectivity index (χ3n) is 1.88. The Morgan fingerprint density at radius 1 is 1.46 bits per heavy atom. The second kappa shape index (κ2) is 4.77. The van der Waals surface area contributed by atoms with Crippen molar-refractivity contribution in [3.8, 4) is 0 Å². The minimum Gasteiger partial charge on any atom is -0.392 e. The van der Waals surface area contributed by atoms with E-state index in [-0.39, 0.29) is 12.4 Å². The molecule has 0 aliphatic rings. The maximum Gasteiger partial charge on any atom is 0.126 e. The SMILES string of the molecule is CC(=CCc1ccccc1F)CO. The van der Waals surface area contributed by atoms with Gasteiger partial charge in [-0.15, -0.1) is 0 Å². The Morgan fingerprint density at radius 3 is 2.77 bits per heavy atom. The van der Waals surface area contributed by atoms with Crippen molar-refractivity contribution in [1.29, 1.82) is 0 Å². The van der Waals surface area contributed by atoms with Crippen LogP contribution in [-0.4, -0.2) is 11.7 Å².